The molecule has 0 radical (unpaired) electrons. The third-order valence-corrected chi connectivity index (χ3v) is 4.26. The Balaban J connectivity index is 1.42. The summed E-state index contributed by atoms with van der Waals surface area (Å²) < 4.78 is 12.4. The highest BCUT2D eigenvalue weighted by molar-refractivity contribution is 5.93. The first-order valence-electron chi connectivity index (χ1n) is 8.31. The quantitative estimate of drug-likeness (QED) is 0.764. The number of aromatic nitrogens is 3. The first-order valence-corrected chi connectivity index (χ1v) is 8.31. The predicted molar refractivity (Wildman–Crippen MR) is 94.0 cm³/mol. The van der Waals surface area contributed by atoms with E-state index in [2.05, 4.69) is 15.6 Å². The third kappa shape index (κ3) is 3.23. The van der Waals surface area contributed by atoms with E-state index in [0.717, 1.165) is 22.6 Å². The minimum absolute atomic E-state index is 0.231. The summed E-state index contributed by atoms with van der Waals surface area (Å²) in [4.78, 5) is 12.5. The summed E-state index contributed by atoms with van der Waals surface area (Å²) in [7, 11) is 0. The number of rotatable bonds is 5. The van der Waals surface area contributed by atoms with Crippen LogP contribution in [0.25, 0.3) is 0 Å². The van der Waals surface area contributed by atoms with Gasteiger partial charge in [-0.2, -0.15) is 0 Å². The van der Waals surface area contributed by atoms with Gasteiger partial charge in [0.1, 0.15) is 0 Å². The molecule has 0 fully saturated rings. The zero-order valence-electron chi connectivity index (χ0n) is 14.3. The Bertz CT molecular complexity index is 937. The molecule has 2 heterocycles. The van der Waals surface area contributed by atoms with Crippen LogP contribution in [-0.4, -0.2) is 27.7 Å². The first kappa shape index (κ1) is 16.1. The lowest BCUT2D eigenvalue weighted by Gasteiger charge is -2.06. The minimum Gasteiger partial charge on any atom is -0.454 e. The standard InChI is InChI=1S/C19H18N4O3/c1-13-18(21-22-23(13)11-14-5-3-2-4-6-14)19(24)20-10-15-7-8-16-17(9-15)26-12-25-16/h2-9H,10-12H2,1H3,(H,20,24). The van der Waals surface area contributed by atoms with Crippen molar-refractivity contribution >= 4 is 5.91 Å². The third-order valence-electron chi connectivity index (χ3n) is 4.26. The Kier molecular flexibility index (Phi) is 4.27. The van der Waals surface area contributed by atoms with E-state index in [0.29, 0.717) is 24.5 Å². The van der Waals surface area contributed by atoms with Gasteiger partial charge < -0.3 is 14.8 Å². The number of hydrogen-bond acceptors (Lipinski definition) is 5. The van der Waals surface area contributed by atoms with Gasteiger partial charge in [-0.15, -0.1) is 5.10 Å². The van der Waals surface area contributed by atoms with Crippen molar-refractivity contribution in [2.24, 2.45) is 0 Å². The van der Waals surface area contributed by atoms with Crippen LogP contribution in [0.2, 0.25) is 0 Å². The van der Waals surface area contributed by atoms with Crippen LogP contribution in [0.1, 0.15) is 27.3 Å². The number of carbonyl (C=O) groups excluding carboxylic acids is 1. The highest BCUT2D eigenvalue weighted by atomic mass is 16.7. The van der Waals surface area contributed by atoms with Crippen molar-refractivity contribution in [3.05, 3.63) is 71.0 Å². The summed E-state index contributed by atoms with van der Waals surface area (Å²) in [6, 6.07) is 15.5. The lowest BCUT2D eigenvalue weighted by molar-refractivity contribution is 0.0945. The first-order chi connectivity index (χ1) is 12.7. The summed E-state index contributed by atoms with van der Waals surface area (Å²) in [5.41, 5.74) is 3.10. The molecule has 0 atom stereocenters. The van der Waals surface area contributed by atoms with Gasteiger partial charge in [0.15, 0.2) is 17.2 Å². The molecule has 0 unspecified atom stereocenters. The molecule has 7 heteroatoms. The maximum absolute atomic E-state index is 12.5. The fraction of sp³-hybridized carbons (Fsp3) is 0.211. The van der Waals surface area contributed by atoms with E-state index in [-0.39, 0.29) is 12.7 Å². The van der Waals surface area contributed by atoms with Gasteiger partial charge in [-0.25, -0.2) is 4.68 Å². The van der Waals surface area contributed by atoms with E-state index >= 15 is 0 Å². The summed E-state index contributed by atoms with van der Waals surface area (Å²) in [6.45, 7) is 3.03. The molecule has 3 aromatic rings. The van der Waals surface area contributed by atoms with Crippen molar-refractivity contribution in [1.82, 2.24) is 20.3 Å². The van der Waals surface area contributed by atoms with Crippen molar-refractivity contribution in [2.45, 2.75) is 20.0 Å². The summed E-state index contributed by atoms with van der Waals surface area (Å²) in [5, 5.41) is 11.0. The topological polar surface area (TPSA) is 78.3 Å². The number of fused-ring (bicyclic) bond motifs is 1. The Morgan fingerprint density at radius 2 is 1.92 bits per heavy atom. The normalized spacial score (nSPS) is 12.2. The SMILES string of the molecule is Cc1c(C(=O)NCc2ccc3c(c2)OCO3)nnn1Cc1ccccc1. The smallest absolute Gasteiger partial charge is 0.274 e. The number of nitrogens with zero attached hydrogens (tertiary/aromatic N) is 3. The van der Waals surface area contributed by atoms with Crippen LogP contribution < -0.4 is 14.8 Å². The average Bonchev–Trinajstić information content (AvgIpc) is 3.27. The van der Waals surface area contributed by atoms with Gasteiger partial charge in [0.05, 0.1) is 12.2 Å². The second-order valence-electron chi connectivity index (χ2n) is 6.04. The molecular weight excluding hydrogens is 332 g/mol. The molecule has 0 aliphatic carbocycles. The van der Waals surface area contributed by atoms with Gasteiger partial charge in [-0.1, -0.05) is 41.6 Å². The molecule has 0 spiro atoms. The zero-order valence-corrected chi connectivity index (χ0v) is 14.3. The molecule has 0 saturated heterocycles. The highest BCUT2D eigenvalue weighted by Gasteiger charge is 2.17. The molecular formula is C19H18N4O3. The molecule has 1 amide bonds. The Hall–Kier alpha value is -3.35. The van der Waals surface area contributed by atoms with E-state index in [9.17, 15) is 4.79 Å². The second-order valence-corrected chi connectivity index (χ2v) is 6.04. The molecule has 1 aliphatic rings. The maximum atomic E-state index is 12.5. The molecule has 0 bridgehead atoms. The summed E-state index contributed by atoms with van der Waals surface area (Å²) in [5.74, 6) is 1.17. The van der Waals surface area contributed by atoms with Crippen LogP contribution in [0.4, 0.5) is 0 Å². The number of amides is 1. The van der Waals surface area contributed by atoms with Crippen LogP contribution in [0.5, 0.6) is 11.5 Å². The largest absolute Gasteiger partial charge is 0.454 e. The molecule has 2 aromatic carbocycles. The average molecular weight is 350 g/mol. The van der Waals surface area contributed by atoms with Gasteiger partial charge in [0, 0.05) is 6.54 Å². The predicted octanol–water partition coefficient (Wildman–Crippen LogP) is 2.29. The van der Waals surface area contributed by atoms with E-state index in [1.807, 2.05) is 55.5 Å². The van der Waals surface area contributed by atoms with Crippen LogP contribution >= 0.6 is 0 Å². The lowest BCUT2D eigenvalue weighted by Crippen LogP contribution is -2.24. The molecule has 4 rings (SSSR count). The molecule has 132 valence electrons. The van der Waals surface area contributed by atoms with Gasteiger partial charge >= 0.3 is 0 Å². The maximum Gasteiger partial charge on any atom is 0.274 e. The molecule has 1 N–H and O–H groups in total. The van der Waals surface area contributed by atoms with Crippen LogP contribution in [0, 0.1) is 6.92 Å². The minimum atomic E-state index is -0.250. The van der Waals surface area contributed by atoms with Gasteiger partial charge in [0.25, 0.3) is 5.91 Å². The fourth-order valence-corrected chi connectivity index (χ4v) is 2.79. The Labute approximate surface area is 150 Å². The van der Waals surface area contributed by atoms with Gasteiger partial charge in [0.2, 0.25) is 6.79 Å². The number of carbonyl (C=O) groups is 1. The molecule has 26 heavy (non-hydrogen) atoms. The van der Waals surface area contributed by atoms with Gasteiger partial charge in [-0.3, -0.25) is 4.79 Å². The monoisotopic (exact) mass is 350 g/mol. The van der Waals surface area contributed by atoms with Crippen LogP contribution in [-0.2, 0) is 13.1 Å². The zero-order chi connectivity index (χ0) is 17.9. The summed E-state index contributed by atoms with van der Waals surface area (Å²) >= 11 is 0. The summed E-state index contributed by atoms with van der Waals surface area (Å²) in [6.07, 6.45) is 0. The van der Waals surface area contributed by atoms with Crippen LogP contribution in [0.3, 0.4) is 0 Å². The molecule has 1 aromatic heterocycles. The number of ether oxygens (including phenoxy) is 2. The van der Waals surface area contributed by atoms with Crippen LogP contribution in [0.15, 0.2) is 48.5 Å². The number of nitrogens with one attached hydrogen (secondary N) is 1. The second kappa shape index (κ2) is 6.87. The van der Waals surface area contributed by atoms with Gasteiger partial charge in [-0.05, 0) is 30.2 Å². The van der Waals surface area contributed by atoms with Crippen molar-refractivity contribution < 1.29 is 14.3 Å². The molecule has 0 saturated carbocycles. The van der Waals surface area contributed by atoms with Crippen molar-refractivity contribution in [3.63, 3.8) is 0 Å². The van der Waals surface area contributed by atoms with E-state index in [1.165, 1.54) is 0 Å². The lowest BCUT2D eigenvalue weighted by atomic mass is 10.2. The van der Waals surface area contributed by atoms with Crippen molar-refractivity contribution in [1.29, 1.82) is 0 Å². The van der Waals surface area contributed by atoms with E-state index in [1.54, 1.807) is 4.68 Å². The number of benzene rings is 2. The van der Waals surface area contributed by atoms with E-state index < -0.39 is 0 Å². The Morgan fingerprint density at radius 1 is 1.12 bits per heavy atom. The van der Waals surface area contributed by atoms with Crippen molar-refractivity contribution in [2.75, 3.05) is 6.79 Å². The van der Waals surface area contributed by atoms with E-state index in [4.69, 9.17) is 9.47 Å². The molecule has 7 nitrogen and oxygen atoms in total. The molecule has 1 aliphatic heterocycles. The Morgan fingerprint density at radius 3 is 2.77 bits per heavy atom. The highest BCUT2D eigenvalue weighted by Crippen LogP contribution is 2.32. The van der Waals surface area contributed by atoms with Crippen molar-refractivity contribution in [3.8, 4) is 11.5 Å². The fourth-order valence-electron chi connectivity index (χ4n) is 2.79. The number of hydrogen-bond donors (Lipinski definition) is 1.